The van der Waals surface area contributed by atoms with Gasteiger partial charge in [0.25, 0.3) is 11.8 Å². The van der Waals surface area contributed by atoms with Crippen LogP contribution in [0.15, 0.2) is 116 Å². The van der Waals surface area contributed by atoms with Crippen LogP contribution >= 0.6 is 0 Å². The summed E-state index contributed by atoms with van der Waals surface area (Å²) in [6.45, 7) is 8.06. The number of sulfonamides is 2. The molecule has 0 atom stereocenters. The Kier molecular flexibility index (Phi) is 11.4. The molecule has 0 aromatic heterocycles. The Labute approximate surface area is 307 Å². The second kappa shape index (κ2) is 15.7. The molecule has 16 heteroatoms. The lowest BCUT2D eigenvalue weighted by atomic mass is 10.0. The average Bonchev–Trinajstić information content (AvgIpc) is 3.61. The van der Waals surface area contributed by atoms with Crippen molar-refractivity contribution in [3.63, 3.8) is 0 Å². The van der Waals surface area contributed by atoms with Crippen molar-refractivity contribution in [2.24, 2.45) is 20.5 Å². The molecule has 14 nitrogen and oxygen atoms in total. The van der Waals surface area contributed by atoms with Crippen molar-refractivity contribution in [1.82, 2.24) is 0 Å². The Balaban J connectivity index is 0.000000204. The minimum Gasteiger partial charge on any atom is -0.320 e. The van der Waals surface area contributed by atoms with Crippen LogP contribution in [0.25, 0.3) is 12.2 Å². The molecular weight excluding hydrogens is 717 g/mol. The van der Waals surface area contributed by atoms with E-state index < -0.39 is 20.0 Å². The molecule has 6 rings (SSSR count). The minimum atomic E-state index is -3.75. The maximum absolute atomic E-state index is 12.3. The van der Waals surface area contributed by atoms with Gasteiger partial charge in [0.15, 0.2) is 11.4 Å². The fourth-order valence-electron chi connectivity index (χ4n) is 5.28. The predicted molar refractivity (Wildman–Crippen MR) is 209 cm³/mol. The van der Waals surface area contributed by atoms with Crippen LogP contribution in [0.2, 0.25) is 0 Å². The number of nitrogens with one attached hydrogen (secondary N) is 4. The molecule has 0 fully saturated rings. The van der Waals surface area contributed by atoms with Crippen molar-refractivity contribution in [3.05, 3.63) is 118 Å². The van der Waals surface area contributed by atoms with E-state index in [4.69, 9.17) is 10.3 Å². The first-order valence-corrected chi connectivity index (χ1v) is 19.3. The van der Waals surface area contributed by atoms with Crippen LogP contribution in [0.3, 0.4) is 0 Å². The molecule has 2 amide bonds. The third-order valence-electron chi connectivity index (χ3n) is 7.96. The molecule has 0 unspecified atom stereocenters. The number of rotatable bonds is 9. The molecule has 0 bridgehead atoms. The quantitative estimate of drug-likeness (QED) is 0.120. The lowest BCUT2D eigenvalue weighted by Crippen LogP contribution is -2.16. The summed E-state index contributed by atoms with van der Waals surface area (Å²) in [5, 5.41) is 24.2. The number of carbonyl (C=O) groups excluding carboxylic acids is 2. The molecular formula is C37H38N8O6S2. The van der Waals surface area contributed by atoms with Gasteiger partial charge in [0.1, 0.15) is 0 Å². The Bertz CT molecular complexity index is 2430. The highest BCUT2D eigenvalue weighted by Gasteiger charge is 2.29. The summed E-state index contributed by atoms with van der Waals surface area (Å²) >= 11 is 0. The van der Waals surface area contributed by atoms with Gasteiger partial charge in [-0.15, -0.1) is 0 Å². The molecule has 2 heterocycles. The van der Waals surface area contributed by atoms with Crippen LogP contribution in [0, 0.1) is 0 Å². The molecule has 0 aliphatic carbocycles. The fraction of sp³-hybridized carbons (Fsp3) is 0.135. The van der Waals surface area contributed by atoms with Crippen molar-refractivity contribution in [2.75, 3.05) is 21.5 Å². The maximum Gasteiger partial charge on any atom is 0.276 e. The molecule has 8 N–H and O–H groups in total. The van der Waals surface area contributed by atoms with Gasteiger partial charge in [-0.2, -0.15) is 10.2 Å². The third kappa shape index (κ3) is 9.30. The summed E-state index contributed by atoms with van der Waals surface area (Å²) in [6, 6.07) is 22.9. The zero-order chi connectivity index (χ0) is 38.5. The van der Waals surface area contributed by atoms with Gasteiger partial charge < -0.3 is 10.6 Å². The molecule has 2 aliphatic rings. The zero-order valence-electron chi connectivity index (χ0n) is 29.3. The van der Waals surface area contributed by atoms with Gasteiger partial charge in [-0.25, -0.2) is 27.1 Å². The average molecular weight is 755 g/mol. The summed E-state index contributed by atoms with van der Waals surface area (Å²) in [4.78, 5) is 24.6. The number of fused-ring (bicyclic) bond motifs is 2. The summed E-state index contributed by atoms with van der Waals surface area (Å²) in [7, 11) is -7.50. The SMILES string of the molecule is CC(C)=Cc1cccc2c1C(=NNc1ccc(S(N)(=O)=O)cc1)C(=O)N2.CCC(C)=Cc1cccc2c1C(=NNc1ccc(S(N)(=O)=O)cc1)C(=O)N2. The van der Waals surface area contributed by atoms with Crippen molar-refractivity contribution in [2.45, 2.75) is 43.9 Å². The zero-order valence-corrected chi connectivity index (χ0v) is 30.9. The lowest BCUT2D eigenvalue weighted by Gasteiger charge is -2.06. The van der Waals surface area contributed by atoms with Crippen LogP contribution < -0.4 is 31.8 Å². The molecule has 4 aromatic rings. The molecule has 0 spiro atoms. The van der Waals surface area contributed by atoms with Crippen LogP contribution in [-0.2, 0) is 29.6 Å². The van der Waals surface area contributed by atoms with Crippen LogP contribution in [0.4, 0.5) is 22.7 Å². The van der Waals surface area contributed by atoms with E-state index >= 15 is 0 Å². The van der Waals surface area contributed by atoms with Gasteiger partial charge in [0, 0.05) is 11.1 Å². The van der Waals surface area contributed by atoms with Crippen LogP contribution in [-0.4, -0.2) is 40.1 Å². The summed E-state index contributed by atoms with van der Waals surface area (Å²) in [6.07, 6.45) is 4.93. The summed E-state index contributed by atoms with van der Waals surface area (Å²) in [5.41, 5.74) is 14.2. The van der Waals surface area contributed by atoms with E-state index in [9.17, 15) is 26.4 Å². The number of allylic oxidation sites excluding steroid dienone is 2. The Morgan fingerprint density at radius 2 is 1.04 bits per heavy atom. The first kappa shape index (κ1) is 38.3. The number of anilines is 4. The molecule has 274 valence electrons. The standard InChI is InChI=1S/C19H20N4O3S.C18H18N4O3S/c1-3-12(2)11-13-5-4-6-16-17(13)18(19(24)21-16)23-22-14-7-9-15(10-8-14)27(20,25)26;1-11(2)10-12-4-3-5-15-16(12)17(18(23)20-15)22-21-13-6-8-14(9-7-13)26(19,24)25/h4-11,22H,3H2,1-2H3,(H2,20,25,26)(H,21,23,24);3-10,21H,1-2H3,(H2,19,24,25)(H,20,22,23). The van der Waals surface area contributed by atoms with Gasteiger partial charge in [-0.05, 0) is 99.0 Å². The molecule has 4 aromatic carbocycles. The second-order valence-corrected chi connectivity index (χ2v) is 15.4. The number of carbonyl (C=O) groups is 2. The van der Waals surface area contributed by atoms with E-state index in [1.807, 2.05) is 69.3 Å². The first-order valence-electron chi connectivity index (χ1n) is 16.2. The normalized spacial score (nSPS) is 15.2. The molecule has 2 aliphatic heterocycles. The second-order valence-electron chi connectivity index (χ2n) is 12.3. The summed E-state index contributed by atoms with van der Waals surface area (Å²) < 4.78 is 45.2. The smallest absolute Gasteiger partial charge is 0.276 e. The van der Waals surface area contributed by atoms with Crippen LogP contribution in [0.5, 0.6) is 0 Å². The minimum absolute atomic E-state index is 0.00509. The van der Waals surface area contributed by atoms with Crippen molar-refractivity contribution in [1.29, 1.82) is 0 Å². The number of nitrogens with two attached hydrogens (primary N) is 2. The monoisotopic (exact) mass is 754 g/mol. The Morgan fingerprint density at radius 3 is 1.40 bits per heavy atom. The highest BCUT2D eigenvalue weighted by atomic mass is 32.2. The number of amides is 2. The van der Waals surface area contributed by atoms with Gasteiger partial charge in [-0.3, -0.25) is 20.4 Å². The van der Waals surface area contributed by atoms with Crippen molar-refractivity contribution >= 4 is 78.2 Å². The molecule has 0 saturated heterocycles. The van der Waals surface area contributed by atoms with Crippen LogP contribution in [0.1, 0.15) is 56.4 Å². The lowest BCUT2D eigenvalue weighted by molar-refractivity contribution is -0.110. The Hall–Kier alpha value is -5.94. The van der Waals surface area contributed by atoms with Crippen molar-refractivity contribution in [3.8, 4) is 0 Å². The third-order valence-corrected chi connectivity index (χ3v) is 9.82. The molecule has 0 saturated carbocycles. The fourth-order valence-corrected chi connectivity index (χ4v) is 6.31. The number of primary sulfonamides is 2. The molecule has 53 heavy (non-hydrogen) atoms. The number of hydrogen-bond acceptors (Lipinski definition) is 10. The highest BCUT2D eigenvalue weighted by molar-refractivity contribution is 7.89. The Morgan fingerprint density at radius 1 is 0.642 bits per heavy atom. The van der Waals surface area contributed by atoms with Gasteiger partial charge >= 0.3 is 0 Å². The van der Waals surface area contributed by atoms with Gasteiger partial charge in [0.2, 0.25) is 20.0 Å². The largest absolute Gasteiger partial charge is 0.320 e. The van der Waals surface area contributed by atoms with E-state index in [1.54, 1.807) is 0 Å². The van der Waals surface area contributed by atoms with Gasteiger partial charge in [-0.1, -0.05) is 54.5 Å². The van der Waals surface area contributed by atoms with E-state index in [1.165, 1.54) is 54.1 Å². The molecule has 0 radical (unpaired) electrons. The first-order chi connectivity index (χ1) is 25.0. The maximum atomic E-state index is 12.3. The van der Waals surface area contributed by atoms with E-state index in [0.29, 0.717) is 22.7 Å². The number of nitrogens with zero attached hydrogens (tertiary/aromatic N) is 2. The number of benzene rings is 4. The van der Waals surface area contributed by atoms with E-state index in [0.717, 1.165) is 34.2 Å². The van der Waals surface area contributed by atoms with E-state index in [-0.39, 0.29) is 33.0 Å². The number of hydrogen-bond donors (Lipinski definition) is 6. The highest BCUT2D eigenvalue weighted by Crippen LogP contribution is 2.30. The number of hydrazone groups is 2. The van der Waals surface area contributed by atoms with Crippen molar-refractivity contribution < 1.29 is 26.4 Å². The van der Waals surface area contributed by atoms with E-state index in [2.05, 4.69) is 38.6 Å². The summed E-state index contributed by atoms with van der Waals surface area (Å²) in [5.74, 6) is -0.600. The van der Waals surface area contributed by atoms with Gasteiger partial charge in [0.05, 0.1) is 32.5 Å². The predicted octanol–water partition coefficient (Wildman–Crippen LogP) is 5.44. The topological polar surface area (TPSA) is 227 Å².